The number of hydrogen-bond acceptors (Lipinski definition) is 7. The first kappa shape index (κ1) is 34.9. The summed E-state index contributed by atoms with van der Waals surface area (Å²) in [6.07, 6.45) is 9.01. The molecule has 1 saturated heterocycles. The number of nitrogens with zero attached hydrogens (tertiary/aromatic N) is 1. The molecule has 1 aromatic carbocycles. The van der Waals surface area contributed by atoms with Crippen molar-refractivity contribution in [1.29, 1.82) is 0 Å². The third-order valence-electron chi connectivity index (χ3n) is 9.56. The molecule has 2 saturated carbocycles. The van der Waals surface area contributed by atoms with E-state index in [4.69, 9.17) is 16.4 Å². The van der Waals surface area contributed by atoms with Crippen LogP contribution in [0.4, 0.5) is 0 Å². The van der Waals surface area contributed by atoms with Gasteiger partial charge in [0.15, 0.2) is 0 Å². The van der Waals surface area contributed by atoms with E-state index in [-0.39, 0.29) is 31.3 Å². The molecule has 1 aromatic rings. The molecule has 4 atom stereocenters. The Kier molecular flexibility index (Phi) is 10.7. The predicted octanol–water partition coefficient (Wildman–Crippen LogP) is 3.80. The second kappa shape index (κ2) is 14.4. The van der Waals surface area contributed by atoms with Crippen molar-refractivity contribution in [3.63, 3.8) is 0 Å². The van der Waals surface area contributed by atoms with E-state index >= 15 is 0 Å². The highest BCUT2D eigenvalue weighted by atomic mass is 35.5. The van der Waals surface area contributed by atoms with Crippen molar-refractivity contribution in [2.24, 2.45) is 11.3 Å². The van der Waals surface area contributed by atoms with Gasteiger partial charge in [0.25, 0.3) is 5.91 Å². The van der Waals surface area contributed by atoms with Crippen LogP contribution in [0.5, 0.6) is 0 Å². The van der Waals surface area contributed by atoms with Gasteiger partial charge in [-0.1, -0.05) is 70.7 Å². The Morgan fingerprint density at radius 2 is 1.81 bits per heavy atom. The number of rotatable bonds is 12. The van der Waals surface area contributed by atoms with E-state index in [9.17, 15) is 24.0 Å². The van der Waals surface area contributed by atoms with Crippen molar-refractivity contribution in [1.82, 2.24) is 26.3 Å². The van der Waals surface area contributed by atoms with E-state index in [1.165, 1.54) is 4.90 Å². The molecule has 256 valence electrons. The second-order valence-corrected chi connectivity index (χ2v) is 15.1. The first-order chi connectivity index (χ1) is 22.3. The number of benzene rings is 1. The minimum absolute atomic E-state index is 0.00191. The van der Waals surface area contributed by atoms with Gasteiger partial charge in [0.1, 0.15) is 17.7 Å². The number of carbonyl (C=O) groups is 5. The van der Waals surface area contributed by atoms with Gasteiger partial charge in [-0.3, -0.25) is 34.3 Å². The van der Waals surface area contributed by atoms with Gasteiger partial charge in [-0.05, 0) is 61.6 Å². The maximum Gasteiger partial charge on any atom is 0.289 e. The first-order valence-corrected chi connectivity index (χ1v) is 17.3. The van der Waals surface area contributed by atoms with Crippen LogP contribution in [0.1, 0.15) is 97.5 Å². The molecule has 5 rings (SSSR count). The van der Waals surface area contributed by atoms with E-state index in [1.54, 1.807) is 12.1 Å². The first-order valence-electron chi connectivity index (χ1n) is 17.0. The average molecular weight is 670 g/mol. The predicted molar refractivity (Wildman–Crippen MR) is 177 cm³/mol. The summed E-state index contributed by atoms with van der Waals surface area (Å²) in [4.78, 5) is 75.1. The van der Waals surface area contributed by atoms with Crippen molar-refractivity contribution in [2.45, 2.75) is 122 Å². The highest BCUT2D eigenvalue weighted by Crippen LogP contribution is 2.39. The van der Waals surface area contributed by atoms with Crippen molar-refractivity contribution in [3.8, 4) is 0 Å². The van der Waals surface area contributed by atoms with Crippen LogP contribution >= 0.6 is 11.6 Å². The molecule has 1 spiro atoms. The summed E-state index contributed by atoms with van der Waals surface area (Å²) in [5, 5.41) is 9.06. The van der Waals surface area contributed by atoms with Gasteiger partial charge < -0.3 is 20.9 Å². The summed E-state index contributed by atoms with van der Waals surface area (Å²) in [6, 6.07) is 4.26. The Morgan fingerprint density at radius 1 is 1.09 bits per heavy atom. The van der Waals surface area contributed by atoms with Crippen LogP contribution in [0.25, 0.3) is 5.70 Å². The Hall–Kier alpha value is -3.44. The minimum atomic E-state index is -1.07. The van der Waals surface area contributed by atoms with E-state index in [0.717, 1.165) is 44.1 Å². The average Bonchev–Trinajstić information content (AvgIpc) is 3.37. The number of hydroxylamine groups is 1. The fourth-order valence-corrected chi connectivity index (χ4v) is 6.99. The summed E-state index contributed by atoms with van der Waals surface area (Å²) in [5.74, 6) is -2.26. The molecule has 2 aliphatic carbocycles. The van der Waals surface area contributed by atoms with Crippen LogP contribution in [-0.2, 0) is 28.8 Å². The molecule has 0 bridgehead atoms. The molecule has 11 nitrogen and oxygen atoms in total. The number of carbonyl (C=O) groups excluding carboxylic acids is 5. The number of Topliss-reactive ketones (excluding diaryl/α,β-unsaturated/α-hetero) is 1. The zero-order valence-electron chi connectivity index (χ0n) is 27.8. The number of likely N-dealkylation sites (tertiary alicyclic amines) is 1. The SMILES string of the molecule is CCC[C@H](NC(=O)[C@@H]1C[C@]2(C=C(c3cccc(Cl)c3)NO2)CN1C(=O)[C@@H](NC(=O)CC1CCCC1)C(C)(C)C)C(=O)C(=O)NC1CC1. The van der Waals surface area contributed by atoms with Gasteiger partial charge in [0.05, 0.1) is 18.3 Å². The number of ketones is 1. The van der Waals surface area contributed by atoms with Crippen LogP contribution in [-0.4, -0.2) is 70.6 Å². The molecule has 0 radical (unpaired) electrons. The molecule has 0 aromatic heterocycles. The fraction of sp³-hybridized carbons (Fsp3) is 0.629. The van der Waals surface area contributed by atoms with E-state index < -0.39 is 52.6 Å². The van der Waals surface area contributed by atoms with E-state index in [0.29, 0.717) is 29.5 Å². The highest BCUT2D eigenvalue weighted by molar-refractivity contribution is 6.38. The lowest BCUT2D eigenvalue weighted by molar-refractivity contribution is -0.145. The lowest BCUT2D eigenvalue weighted by atomic mass is 9.85. The second-order valence-electron chi connectivity index (χ2n) is 14.7. The summed E-state index contributed by atoms with van der Waals surface area (Å²) >= 11 is 6.24. The Labute approximate surface area is 281 Å². The topological polar surface area (TPSA) is 146 Å². The third kappa shape index (κ3) is 8.54. The van der Waals surface area contributed by atoms with Gasteiger partial charge >= 0.3 is 0 Å². The third-order valence-corrected chi connectivity index (χ3v) is 9.79. The standard InChI is InChI=1S/C35H48ClN5O6/c1-5-9-25(29(43)32(45)37-24-14-15-24)38-31(44)27-19-35(18-26(40-47-35)22-12-8-13-23(36)17-22)20-41(27)33(46)30(34(2,3)4)39-28(42)16-21-10-6-7-11-21/h8,12-13,17-18,21,24-25,27,30,40H,5-7,9-11,14-16,19-20H2,1-4H3,(H,37,45)(H,38,44)(H,39,42)/t25-,27-,30+,35+/m0/s1. The van der Waals surface area contributed by atoms with Crippen LogP contribution < -0.4 is 21.4 Å². The van der Waals surface area contributed by atoms with Crippen molar-refractivity contribution < 1.29 is 28.8 Å². The molecule has 0 unspecified atom stereocenters. The monoisotopic (exact) mass is 669 g/mol. The van der Waals surface area contributed by atoms with Gasteiger partial charge in [0, 0.05) is 29.5 Å². The summed E-state index contributed by atoms with van der Waals surface area (Å²) in [7, 11) is 0. The molecule has 12 heteroatoms. The summed E-state index contributed by atoms with van der Waals surface area (Å²) in [6.45, 7) is 7.54. The Morgan fingerprint density at radius 3 is 2.45 bits per heavy atom. The lowest BCUT2D eigenvalue weighted by Crippen LogP contribution is -2.59. The maximum atomic E-state index is 14.5. The Bertz CT molecular complexity index is 1420. The molecule has 2 aliphatic heterocycles. The van der Waals surface area contributed by atoms with Crippen LogP contribution in [0.15, 0.2) is 30.3 Å². The minimum Gasteiger partial charge on any atom is -0.347 e. The highest BCUT2D eigenvalue weighted by Gasteiger charge is 2.54. The molecular formula is C35H48ClN5O6. The van der Waals surface area contributed by atoms with Crippen LogP contribution in [0, 0.1) is 11.3 Å². The van der Waals surface area contributed by atoms with Gasteiger partial charge in [-0.25, -0.2) is 0 Å². The van der Waals surface area contributed by atoms with Crippen molar-refractivity contribution in [2.75, 3.05) is 6.54 Å². The number of halogens is 1. The molecular weight excluding hydrogens is 622 g/mol. The van der Waals surface area contributed by atoms with Crippen LogP contribution in [0.3, 0.4) is 0 Å². The number of amides is 4. The molecule has 47 heavy (non-hydrogen) atoms. The molecule has 2 heterocycles. The summed E-state index contributed by atoms with van der Waals surface area (Å²) < 4.78 is 0. The van der Waals surface area contributed by atoms with Crippen molar-refractivity contribution >= 4 is 46.7 Å². The molecule has 4 aliphatic rings. The zero-order chi connectivity index (χ0) is 33.9. The van der Waals surface area contributed by atoms with Crippen LogP contribution in [0.2, 0.25) is 5.02 Å². The van der Waals surface area contributed by atoms with E-state index in [2.05, 4.69) is 21.4 Å². The molecule has 4 N–H and O–H groups in total. The number of nitrogens with one attached hydrogen (secondary N) is 4. The quantitative estimate of drug-likeness (QED) is 0.248. The van der Waals surface area contributed by atoms with Crippen molar-refractivity contribution in [3.05, 3.63) is 40.9 Å². The molecule has 3 fully saturated rings. The van der Waals surface area contributed by atoms with Gasteiger partial charge in [0.2, 0.25) is 23.5 Å². The fourth-order valence-electron chi connectivity index (χ4n) is 6.80. The normalized spacial score (nSPS) is 24.0. The lowest BCUT2D eigenvalue weighted by Gasteiger charge is -2.36. The largest absolute Gasteiger partial charge is 0.347 e. The Balaban J connectivity index is 1.41. The van der Waals surface area contributed by atoms with Gasteiger partial charge in [-0.2, -0.15) is 0 Å². The molecule has 4 amide bonds. The van der Waals surface area contributed by atoms with Gasteiger partial charge in [-0.15, -0.1) is 0 Å². The maximum absolute atomic E-state index is 14.5. The number of hydrogen-bond donors (Lipinski definition) is 4. The smallest absolute Gasteiger partial charge is 0.289 e. The summed E-state index contributed by atoms with van der Waals surface area (Å²) in [5.41, 5.74) is 2.65. The van der Waals surface area contributed by atoms with E-state index in [1.807, 2.05) is 45.9 Å². The zero-order valence-corrected chi connectivity index (χ0v) is 28.6.